The molecule has 1 fully saturated rings. The molecular weight excluding hydrogens is 340 g/mol. The highest BCUT2D eigenvalue weighted by molar-refractivity contribution is 5.81. The van der Waals surface area contributed by atoms with E-state index in [4.69, 9.17) is 23.7 Å². The second kappa shape index (κ2) is 10.5. The molecule has 0 spiro atoms. The van der Waals surface area contributed by atoms with Gasteiger partial charge >= 0.3 is 5.97 Å². The lowest BCUT2D eigenvalue weighted by Gasteiger charge is -2.09. The smallest absolute Gasteiger partial charge is 0.339 e. The number of aliphatic carboxylic acids is 1. The standard InChI is InChI=1S/C19H28O7/c1-3-19(18(20)21)17(26-19)15-5-7-16(8-6-15)25-14-13-24-12-11-23-10-9-22-4-2/h5-8,17H,3-4,9-14H2,1-2H3,(H,20,21). The highest BCUT2D eigenvalue weighted by Gasteiger charge is 2.62. The van der Waals surface area contributed by atoms with Gasteiger partial charge in [0.1, 0.15) is 18.5 Å². The third-order valence-corrected chi connectivity index (χ3v) is 4.21. The van der Waals surface area contributed by atoms with Crippen molar-refractivity contribution < 1.29 is 33.6 Å². The van der Waals surface area contributed by atoms with Crippen LogP contribution in [0.15, 0.2) is 24.3 Å². The molecular formula is C19H28O7. The van der Waals surface area contributed by atoms with Crippen molar-refractivity contribution in [1.82, 2.24) is 0 Å². The summed E-state index contributed by atoms with van der Waals surface area (Å²) in [6, 6.07) is 7.31. The van der Waals surface area contributed by atoms with Crippen molar-refractivity contribution in [3.63, 3.8) is 0 Å². The Balaban J connectivity index is 1.58. The minimum atomic E-state index is -1.07. The van der Waals surface area contributed by atoms with Gasteiger partial charge in [-0.2, -0.15) is 0 Å². The molecule has 2 unspecified atom stereocenters. The Morgan fingerprint density at radius 3 is 2.08 bits per heavy atom. The summed E-state index contributed by atoms with van der Waals surface area (Å²) in [5, 5.41) is 9.27. The van der Waals surface area contributed by atoms with Crippen LogP contribution in [-0.2, 0) is 23.7 Å². The zero-order valence-corrected chi connectivity index (χ0v) is 15.4. The first-order valence-electron chi connectivity index (χ1n) is 9.01. The highest BCUT2D eigenvalue weighted by Crippen LogP contribution is 2.52. The van der Waals surface area contributed by atoms with Crippen LogP contribution < -0.4 is 4.74 Å². The molecule has 1 aromatic carbocycles. The number of carboxylic acid groups (broad SMARTS) is 1. The summed E-state index contributed by atoms with van der Waals surface area (Å²) in [6.45, 7) is 7.60. The average molecular weight is 368 g/mol. The quantitative estimate of drug-likeness (QED) is 0.399. The molecule has 2 rings (SSSR count). The molecule has 1 aliphatic rings. The maximum atomic E-state index is 11.3. The number of carboxylic acids is 1. The number of carbonyl (C=O) groups is 1. The maximum Gasteiger partial charge on any atom is 0.339 e. The van der Waals surface area contributed by atoms with Crippen LogP contribution in [-0.4, -0.2) is 62.9 Å². The van der Waals surface area contributed by atoms with Crippen LogP contribution in [0.2, 0.25) is 0 Å². The molecule has 0 aromatic heterocycles. The first-order valence-corrected chi connectivity index (χ1v) is 9.01. The van der Waals surface area contributed by atoms with Gasteiger partial charge in [-0.3, -0.25) is 0 Å². The second-order valence-corrected chi connectivity index (χ2v) is 5.89. The predicted molar refractivity (Wildman–Crippen MR) is 94.6 cm³/mol. The number of benzene rings is 1. The van der Waals surface area contributed by atoms with E-state index in [0.717, 1.165) is 5.56 Å². The Kier molecular flexibility index (Phi) is 8.31. The van der Waals surface area contributed by atoms with Crippen molar-refractivity contribution in [1.29, 1.82) is 0 Å². The predicted octanol–water partition coefficient (Wildman–Crippen LogP) is 2.44. The van der Waals surface area contributed by atoms with Gasteiger partial charge in [0.2, 0.25) is 0 Å². The highest BCUT2D eigenvalue weighted by atomic mass is 16.6. The van der Waals surface area contributed by atoms with Gasteiger partial charge in [0.15, 0.2) is 5.60 Å². The lowest BCUT2D eigenvalue weighted by Crippen LogP contribution is -2.23. The second-order valence-electron chi connectivity index (χ2n) is 5.89. The first kappa shape index (κ1) is 20.6. The fraction of sp³-hybridized carbons (Fsp3) is 0.632. The zero-order valence-electron chi connectivity index (χ0n) is 15.4. The van der Waals surface area contributed by atoms with Gasteiger partial charge in [-0.05, 0) is 31.0 Å². The van der Waals surface area contributed by atoms with E-state index < -0.39 is 11.6 Å². The van der Waals surface area contributed by atoms with Gasteiger partial charge in [0.25, 0.3) is 0 Å². The molecule has 1 aromatic rings. The van der Waals surface area contributed by atoms with Crippen LogP contribution in [0.25, 0.3) is 0 Å². The summed E-state index contributed by atoms with van der Waals surface area (Å²) in [5.41, 5.74) is -0.219. The molecule has 1 N–H and O–H groups in total. The lowest BCUT2D eigenvalue weighted by atomic mass is 9.97. The number of rotatable bonds is 14. The Labute approximate surface area is 154 Å². The molecule has 7 heteroatoms. The first-order chi connectivity index (χ1) is 12.6. The topological polar surface area (TPSA) is 86.8 Å². The Bertz CT molecular complexity index is 545. The molecule has 0 saturated carbocycles. The van der Waals surface area contributed by atoms with Crippen LogP contribution in [0.1, 0.15) is 31.9 Å². The average Bonchev–Trinajstić information content (AvgIpc) is 3.40. The van der Waals surface area contributed by atoms with E-state index in [1.807, 2.05) is 38.1 Å². The SMILES string of the molecule is CCOCCOCCOCCOc1ccc(C2OC2(CC)C(=O)O)cc1. The van der Waals surface area contributed by atoms with Crippen molar-refractivity contribution in [3.05, 3.63) is 29.8 Å². The van der Waals surface area contributed by atoms with Gasteiger partial charge in [0.05, 0.1) is 33.0 Å². The number of ether oxygens (including phenoxy) is 5. The number of epoxide rings is 1. The van der Waals surface area contributed by atoms with E-state index >= 15 is 0 Å². The van der Waals surface area contributed by atoms with Crippen molar-refractivity contribution in [2.45, 2.75) is 32.0 Å². The number of hydrogen-bond donors (Lipinski definition) is 1. The van der Waals surface area contributed by atoms with Crippen LogP contribution in [0.3, 0.4) is 0 Å². The monoisotopic (exact) mass is 368 g/mol. The lowest BCUT2D eigenvalue weighted by molar-refractivity contribution is -0.143. The molecule has 146 valence electrons. The molecule has 1 saturated heterocycles. The Hall–Kier alpha value is -1.67. The zero-order chi connectivity index (χ0) is 18.8. The summed E-state index contributed by atoms with van der Waals surface area (Å²) in [4.78, 5) is 11.3. The van der Waals surface area contributed by atoms with Crippen molar-refractivity contribution in [2.24, 2.45) is 0 Å². The van der Waals surface area contributed by atoms with E-state index in [1.54, 1.807) is 0 Å². The van der Waals surface area contributed by atoms with Crippen LogP contribution in [0.5, 0.6) is 5.75 Å². The Morgan fingerprint density at radius 1 is 1.00 bits per heavy atom. The third kappa shape index (κ3) is 5.67. The van der Waals surface area contributed by atoms with Gasteiger partial charge in [0, 0.05) is 6.61 Å². The van der Waals surface area contributed by atoms with Crippen molar-refractivity contribution in [2.75, 3.05) is 46.2 Å². The van der Waals surface area contributed by atoms with E-state index in [0.29, 0.717) is 58.4 Å². The van der Waals surface area contributed by atoms with E-state index in [1.165, 1.54) is 0 Å². The van der Waals surface area contributed by atoms with Gasteiger partial charge in [-0.25, -0.2) is 4.79 Å². The largest absolute Gasteiger partial charge is 0.491 e. The fourth-order valence-electron chi connectivity index (χ4n) is 2.64. The van der Waals surface area contributed by atoms with E-state index in [-0.39, 0.29) is 6.10 Å². The molecule has 2 atom stereocenters. The normalized spacial score (nSPS) is 21.5. The molecule has 0 amide bonds. The number of hydrogen-bond acceptors (Lipinski definition) is 6. The third-order valence-electron chi connectivity index (χ3n) is 4.21. The molecule has 1 aliphatic heterocycles. The minimum Gasteiger partial charge on any atom is -0.491 e. The van der Waals surface area contributed by atoms with Crippen LogP contribution >= 0.6 is 0 Å². The summed E-state index contributed by atoms with van der Waals surface area (Å²) in [5.74, 6) is -0.201. The molecule has 26 heavy (non-hydrogen) atoms. The fourth-order valence-corrected chi connectivity index (χ4v) is 2.64. The van der Waals surface area contributed by atoms with Crippen molar-refractivity contribution in [3.8, 4) is 5.75 Å². The minimum absolute atomic E-state index is 0.384. The van der Waals surface area contributed by atoms with Crippen LogP contribution in [0.4, 0.5) is 0 Å². The summed E-state index contributed by atoms with van der Waals surface area (Å²) in [6.07, 6.45) is 0.0582. The summed E-state index contributed by atoms with van der Waals surface area (Å²) >= 11 is 0. The summed E-state index contributed by atoms with van der Waals surface area (Å²) < 4.78 is 27.0. The van der Waals surface area contributed by atoms with Crippen LogP contribution in [0, 0.1) is 0 Å². The van der Waals surface area contributed by atoms with E-state index in [2.05, 4.69) is 0 Å². The van der Waals surface area contributed by atoms with Gasteiger partial charge in [-0.1, -0.05) is 19.1 Å². The maximum absolute atomic E-state index is 11.3. The van der Waals surface area contributed by atoms with Crippen molar-refractivity contribution >= 4 is 5.97 Å². The molecule has 0 bridgehead atoms. The van der Waals surface area contributed by atoms with Gasteiger partial charge in [-0.15, -0.1) is 0 Å². The molecule has 0 radical (unpaired) electrons. The van der Waals surface area contributed by atoms with Gasteiger partial charge < -0.3 is 28.8 Å². The molecule has 7 nitrogen and oxygen atoms in total. The molecule has 0 aliphatic carbocycles. The van der Waals surface area contributed by atoms with E-state index in [9.17, 15) is 9.90 Å². The Morgan fingerprint density at radius 2 is 1.58 bits per heavy atom. The summed E-state index contributed by atoms with van der Waals surface area (Å²) in [7, 11) is 0. The molecule has 1 heterocycles.